The number of carbonyl (C=O) groups excluding carboxylic acids is 2. The van der Waals surface area contributed by atoms with Gasteiger partial charge in [0.25, 0.3) is 0 Å². The third-order valence-electron chi connectivity index (χ3n) is 9.11. The fourth-order valence-corrected chi connectivity index (χ4v) is 7.70. The first kappa shape index (κ1) is 28.6. The van der Waals surface area contributed by atoms with Crippen LogP contribution in [0.3, 0.4) is 0 Å². The predicted molar refractivity (Wildman–Crippen MR) is 175 cm³/mol. The number of allylic oxidation sites excluding steroid dienone is 4. The molecule has 0 saturated heterocycles. The van der Waals surface area contributed by atoms with E-state index in [2.05, 4.69) is 57.2 Å². The van der Waals surface area contributed by atoms with Crippen molar-refractivity contribution in [1.29, 1.82) is 0 Å². The SMILES string of the molecule is COc1cc(C2C3=C(CCCC3=O)N(Cc3ccccc3)C3=C2C(=O)CCC3)cc(Br)c1OCc1cccc2ccccc12. The number of benzene rings is 4. The Balaban J connectivity index is 1.30. The first-order valence-corrected chi connectivity index (χ1v) is 16.1. The number of Topliss-reactive ketones (excluding diaryl/α,β-unsaturated/α-hetero) is 2. The molecule has 0 bridgehead atoms. The number of ketones is 2. The van der Waals surface area contributed by atoms with Crippen LogP contribution in [0.1, 0.15) is 61.1 Å². The maximum Gasteiger partial charge on any atom is 0.175 e. The van der Waals surface area contributed by atoms with Gasteiger partial charge in [-0.2, -0.15) is 0 Å². The van der Waals surface area contributed by atoms with Gasteiger partial charge in [0.15, 0.2) is 23.1 Å². The average molecular weight is 649 g/mol. The van der Waals surface area contributed by atoms with E-state index in [1.165, 1.54) is 0 Å². The summed E-state index contributed by atoms with van der Waals surface area (Å²) in [5, 5.41) is 2.31. The third-order valence-corrected chi connectivity index (χ3v) is 9.70. The van der Waals surface area contributed by atoms with Gasteiger partial charge in [0.2, 0.25) is 0 Å². The minimum atomic E-state index is -0.426. The average Bonchev–Trinajstić information content (AvgIpc) is 3.05. The monoisotopic (exact) mass is 647 g/mol. The van der Waals surface area contributed by atoms with Gasteiger partial charge in [0.05, 0.1) is 11.6 Å². The summed E-state index contributed by atoms with van der Waals surface area (Å²) in [6.07, 6.45) is 4.27. The highest BCUT2D eigenvalue weighted by molar-refractivity contribution is 9.10. The second-order valence-corrected chi connectivity index (χ2v) is 12.6. The lowest BCUT2D eigenvalue weighted by Gasteiger charge is -2.44. The molecular weight excluding hydrogens is 614 g/mol. The van der Waals surface area contributed by atoms with E-state index in [0.717, 1.165) is 80.2 Å². The van der Waals surface area contributed by atoms with Gasteiger partial charge in [0, 0.05) is 47.8 Å². The molecule has 0 spiro atoms. The number of hydrogen-bond donors (Lipinski definition) is 0. The molecule has 1 heterocycles. The van der Waals surface area contributed by atoms with Crippen molar-refractivity contribution in [2.45, 2.75) is 57.6 Å². The van der Waals surface area contributed by atoms with E-state index in [1.807, 2.05) is 48.5 Å². The lowest BCUT2D eigenvalue weighted by atomic mass is 9.71. The van der Waals surface area contributed by atoms with Crippen LogP contribution in [-0.4, -0.2) is 23.6 Å². The van der Waals surface area contributed by atoms with E-state index in [1.54, 1.807) is 7.11 Å². The molecule has 0 saturated carbocycles. The van der Waals surface area contributed by atoms with Crippen molar-refractivity contribution in [3.05, 3.63) is 129 Å². The zero-order chi connectivity index (χ0) is 30.2. The predicted octanol–water partition coefficient (Wildman–Crippen LogP) is 8.80. The highest BCUT2D eigenvalue weighted by Crippen LogP contribution is 2.51. The molecule has 7 rings (SSSR count). The molecule has 0 N–H and O–H groups in total. The molecule has 5 nitrogen and oxygen atoms in total. The van der Waals surface area contributed by atoms with Crippen molar-refractivity contribution in [3.8, 4) is 11.5 Å². The Morgan fingerprint density at radius 3 is 2.16 bits per heavy atom. The van der Waals surface area contributed by atoms with E-state index in [9.17, 15) is 9.59 Å². The van der Waals surface area contributed by atoms with Crippen LogP contribution in [0.25, 0.3) is 10.8 Å². The zero-order valence-electron chi connectivity index (χ0n) is 24.8. The van der Waals surface area contributed by atoms with Gasteiger partial charge in [0.1, 0.15) is 6.61 Å². The van der Waals surface area contributed by atoms with Crippen molar-refractivity contribution >= 4 is 38.3 Å². The minimum Gasteiger partial charge on any atom is -0.493 e. The van der Waals surface area contributed by atoms with E-state index in [0.29, 0.717) is 37.5 Å². The van der Waals surface area contributed by atoms with Crippen LogP contribution < -0.4 is 9.47 Å². The van der Waals surface area contributed by atoms with Gasteiger partial charge >= 0.3 is 0 Å². The second-order valence-electron chi connectivity index (χ2n) is 11.7. The molecule has 0 amide bonds. The molecule has 44 heavy (non-hydrogen) atoms. The summed E-state index contributed by atoms with van der Waals surface area (Å²) in [5.41, 5.74) is 6.77. The first-order valence-electron chi connectivity index (χ1n) is 15.3. The molecule has 222 valence electrons. The van der Waals surface area contributed by atoms with E-state index in [4.69, 9.17) is 9.47 Å². The quantitative estimate of drug-likeness (QED) is 0.201. The Kier molecular flexibility index (Phi) is 7.85. The van der Waals surface area contributed by atoms with E-state index in [-0.39, 0.29) is 11.6 Å². The second kappa shape index (κ2) is 12.1. The molecule has 1 aliphatic heterocycles. The Morgan fingerprint density at radius 1 is 0.795 bits per heavy atom. The molecule has 0 radical (unpaired) electrons. The summed E-state index contributed by atoms with van der Waals surface area (Å²) in [6.45, 7) is 1.02. The number of carbonyl (C=O) groups is 2. The standard InChI is InChI=1S/C38H34BrNO4/c1-43-34-21-27(20-29(39)38(34)44-23-26-14-7-13-25-12-5-6-15-28(25)26)35-36-30(16-8-18-32(36)41)40(22-24-10-3-2-4-11-24)31-17-9-19-33(42)37(31)35/h2-7,10-15,20-21,35H,8-9,16-19,22-23H2,1H3. The Labute approximate surface area is 266 Å². The van der Waals surface area contributed by atoms with Crippen LogP contribution in [0.4, 0.5) is 0 Å². The van der Waals surface area contributed by atoms with Crippen molar-refractivity contribution < 1.29 is 19.1 Å². The lowest BCUT2D eigenvalue weighted by molar-refractivity contribution is -0.117. The van der Waals surface area contributed by atoms with Crippen molar-refractivity contribution in [1.82, 2.24) is 4.90 Å². The molecule has 3 aliphatic rings. The molecule has 0 atom stereocenters. The number of halogens is 1. The van der Waals surface area contributed by atoms with Crippen LogP contribution in [-0.2, 0) is 22.7 Å². The molecule has 2 aliphatic carbocycles. The van der Waals surface area contributed by atoms with Gasteiger partial charge in [-0.05, 0) is 81.2 Å². The van der Waals surface area contributed by atoms with E-state index < -0.39 is 5.92 Å². The normalized spacial score (nSPS) is 17.2. The summed E-state index contributed by atoms with van der Waals surface area (Å²) in [6, 6.07) is 28.8. The number of ether oxygens (including phenoxy) is 2. The lowest BCUT2D eigenvalue weighted by Crippen LogP contribution is -2.38. The Bertz CT molecular complexity index is 1790. The highest BCUT2D eigenvalue weighted by Gasteiger charge is 2.43. The van der Waals surface area contributed by atoms with Crippen molar-refractivity contribution in [2.75, 3.05) is 7.11 Å². The van der Waals surface area contributed by atoms with Gasteiger partial charge in [-0.25, -0.2) is 0 Å². The maximum absolute atomic E-state index is 13.8. The number of fused-ring (bicyclic) bond motifs is 1. The Morgan fingerprint density at radius 2 is 1.45 bits per heavy atom. The summed E-state index contributed by atoms with van der Waals surface area (Å²) in [7, 11) is 1.63. The third kappa shape index (κ3) is 5.15. The molecule has 4 aromatic rings. The maximum atomic E-state index is 13.8. The topological polar surface area (TPSA) is 55.8 Å². The van der Waals surface area contributed by atoms with Crippen LogP contribution >= 0.6 is 15.9 Å². The summed E-state index contributed by atoms with van der Waals surface area (Å²) >= 11 is 3.77. The van der Waals surface area contributed by atoms with Crippen LogP contribution in [0, 0.1) is 0 Å². The van der Waals surface area contributed by atoms with Crippen molar-refractivity contribution in [2.24, 2.45) is 0 Å². The van der Waals surface area contributed by atoms with Gasteiger partial charge in [-0.15, -0.1) is 0 Å². The molecule has 0 aromatic heterocycles. The first-order chi connectivity index (χ1) is 21.5. The number of hydrogen-bond acceptors (Lipinski definition) is 5. The fraction of sp³-hybridized carbons (Fsp3) is 0.263. The van der Waals surface area contributed by atoms with Crippen LogP contribution in [0.5, 0.6) is 11.5 Å². The molecule has 0 fully saturated rings. The van der Waals surface area contributed by atoms with Gasteiger partial charge in [-0.3, -0.25) is 9.59 Å². The number of rotatable bonds is 7. The van der Waals surface area contributed by atoms with Crippen LogP contribution in [0.2, 0.25) is 0 Å². The summed E-state index contributed by atoms with van der Waals surface area (Å²) in [5.74, 6) is 0.998. The largest absolute Gasteiger partial charge is 0.493 e. The number of nitrogens with zero attached hydrogens (tertiary/aromatic N) is 1. The summed E-state index contributed by atoms with van der Waals surface area (Å²) < 4.78 is 13.0. The smallest absolute Gasteiger partial charge is 0.175 e. The van der Waals surface area contributed by atoms with Gasteiger partial charge in [-0.1, -0.05) is 72.8 Å². The highest BCUT2D eigenvalue weighted by atomic mass is 79.9. The zero-order valence-corrected chi connectivity index (χ0v) is 26.4. The Hall–Kier alpha value is -4.16. The van der Waals surface area contributed by atoms with Gasteiger partial charge < -0.3 is 14.4 Å². The molecular formula is C38H34BrNO4. The summed E-state index contributed by atoms with van der Waals surface area (Å²) in [4.78, 5) is 29.8. The fourth-order valence-electron chi connectivity index (χ4n) is 7.12. The molecule has 4 aromatic carbocycles. The van der Waals surface area contributed by atoms with E-state index >= 15 is 0 Å². The number of methoxy groups -OCH3 is 1. The minimum absolute atomic E-state index is 0.130. The van der Waals surface area contributed by atoms with Crippen molar-refractivity contribution in [3.63, 3.8) is 0 Å². The molecule has 0 unspecified atom stereocenters. The van der Waals surface area contributed by atoms with Crippen LogP contribution in [0.15, 0.2) is 112 Å². The molecule has 6 heteroatoms.